The molecule has 6 heteroatoms. The van der Waals surface area contributed by atoms with Crippen LogP contribution < -0.4 is 10.6 Å². The molecule has 1 aromatic carbocycles. The predicted octanol–water partition coefficient (Wildman–Crippen LogP) is 1.23. The molecule has 0 aliphatic rings. The number of methoxy groups -OCH3 is 1. The molecule has 0 saturated carbocycles. The molecule has 1 aromatic rings. The summed E-state index contributed by atoms with van der Waals surface area (Å²) >= 11 is 0. The number of guanidine groups is 1. The van der Waals surface area contributed by atoms with Crippen LogP contribution in [0.25, 0.3) is 0 Å². The Bertz CT molecular complexity index is 424. The van der Waals surface area contributed by atoms with Crippen LogP contribution in [0.2, 0.25) is 0 Å². The van der Waals surface area contributed by atoms with Gasteiger partial charge in [0.1, 0.15) is 0 Å². The molecular formula is C13H20FN3O2. The van der Waals surface area contributed by atoms with E-state index >= 15 is 0 Å². The predicted molar refractivity (Wildman–Crippen MR) is 72.8 cm³/mol. The van der Waals surface area contributed by atoms with Gasteiger partial charge in [0, 0.05) is 33.9 Å². The van der Waals surface area contributed by atoms with Gasteiger partial charge in [0.2, 0.25) is 0 Å². The van der Waals surface area contributed by atoms with Crippen LogP contribution in [0.15, 0.2) is 23.2 Å². The molecule has 0 bridgehead atoms. The smallest absolute Gasteiger partial charge is 0.191 e. The molecule has 0 radical (unpaired) electrons. The van der Waals surface area contributed by atoms with Crippen LogP contribution >= 0.6 is 0 Å². The van der Waals surface area contributed by atoms with Crippen molar-refractivity contribution in [3.05, 3.63) is 29.6 Å². The lowest BCUT2D eigenvalue weighted by atomic mass is 10.2. The third kappa shape index (κ3) is 5.56. The number of phenolic OH excluding ortho intramolecular Hbond substituents is 1. The first kappa shape index (κ1) is 15.2. The molecule has 0 saturated heterocycles. The highest BCUT2D eigenvalue weighted by Gasteiger charge is 2.02. The number of nitrogens with zero attached hydrogens (tertiary/aromatic N) is 1. The van der Waals surface area contributed by atoms with Crippen molar-refractivity contribution in [1.82, 2.24) is 10.6 Å². The highest BCUT2D eigenvalue weighted by molar-refractivity contribution is 5.79. The fourth-order valence-electron chi connectivity index (χ4n) is 1.49. The highest BCUT2D eigenvalue weighted by atomic mass is 19.1. The zero-order valence-corrected chi connectivity index (χ0v) is 11.2. The summed E-state index contributed by atoms with van der Waals surface area (Å²) in [5.41, 5.74) is 0.732. The Morgan fingerprint density at radius 1 is 1.42 bits per heavy atom. The second-order valence-electron chi connectivity index (χ2n) is 3.98. The third-order valence-corrected chi connectivity index (χ3v) is 2.51. The summed E-state index contributed by atoms with van der Waals surface area (Å²) in [5.74, 6) is -0.322. The Hall–Kier alpha value is -1.82. The van der Waals surface area contributed by atoms with E-state index in [9.17, 15) is 4.39 Å². The van der Waals surface area contributed by atoms with Gasteiger partial charge in [-0.25, -0.2) is 4.39 Å². The summed E-state index contributed by atoms with van der Waals surface area (Å²) in [6, 6.07) is 4.28. The van der Waals surface area contributed by atoms with Crippen LogP contribution in [0, 0.1) is 5.82 Å². The van der Waals surface area contributed by atoms with Crippen LogP contribution in [-0.2, 0) is 11.3 Å². The van der Waals surface area contributed by atoms with Gasteiger partial charge in [0.15, 0.2) is 17.5 Å². The second kappa shape index (κ2) is 8.31. The van der Waals surface area contributed by atoms with Gasteiger partial charge in [-0.3, -0.25) is 4.99 Å². The van der Waals surface area contributed by atoms with Gasteiger partial charge in [-0.2, -0.15) is 0 Å². The molecule has 0 fully saturated rings. The van der Waals surface area contributed by atoms with E-state index in [0.29, 0.717) is 19.1 Å². The molecule has 0 aliphatic carbocycles. The molecule has 0 atom stereocenters. The molecule has 0 amide bonds. The molecule has 0 aromatic heterocycles. The van der Waals surface area contributed by atoms with Crippen molar-refractivity contribution >= 4 is 5.96 Å². The number of benzene rings is 1. The summed E-state index contributed by atoms with van der Waals surface area (Å²) in [6.45, 7) is 1.87. The summed E-state index contributed by atoms with van der Waals surface area (Å²) in [7, 11) is 3.33. The molecular weight excluding hydrogens is 249 g/mol. The van der Waals surface area contributed by atoms with Crippen molar-refractivity contribution in [2.24, 2.45) is 4.99 Å². The molecule has 1 rings (SSSR count). The number of hydrogen-bond donors (Lipinski definition) is 3. The highest BCUT2D eigenvalue weighted by Crippen LogP contribution is 2.15. The van der Waals surface area contributed by atoms with Crippen LogP contribution in [-0.4, -0.2) is 38.4 Å². The first-order valence-corrected chi connectivity index (χ1v) is 6.08. The number of hydrogen-bond acceptors (Lipinski definition) is 3. The fraction of sp³-hybridized carbons (Fsp3) is 0.462. The maximum absolute atomic E-state index is 13.1. The van der Waals surface area contributed by atoms with Crippen molar-refractivity contribution in [1.29, 1.82) is 0 Å². The zero-order chi connectivity index (χ0) is 14.1. The number of rotatable bonds is 6. The maximum Gasteiger partial charge on any atom is 0.191 e. The molecule has 106 valence electrons. The molecule has 0 heterocycles. The normalized spacial score (nSPS) is 11.4. The second-order valence-corrected chi connectivity index (χ2v) is 3.98. The number of ether oxygens (including phenoxy) is 1. The standard InChI is InChI=1S/C13H20FN3O2/c1-15-13(16-6-3-7-19-2)17-9-10-4-5-12(18)11(14)8-10/h4-5,8,18H,3,6-7,9H2,1-2H3,(H2,15,16,17). The van der Waals surface area contributed by atoms with E-state index in [1.807, 2.05) is 0 Å². The molecule has 3 N–H and O–H groups in total. The van der Waals surface area contributed by atoms with Crippen molar-refractivity contribution < 1.29 is 14.2 Å². The number of aliphatic imine (C=N–C) groups is 1. The van der Waals surface area contributed by atoms with Crippen LogP contribution in [0.5, 0.6) is 5.75 Å². The average molecular weight is 269 g/mol. The Kier molecular flexibility index (Phi) is 6.67. The summed E-state index contributed by atoms with van der Waals surface area (Å²) in [6.07, 6.45) is 0.880. The van der Waals surface area contributed by atoms with E-state index in [-0.39, 0.29) is 5.75 Å². The molecule has 19 heavy (non-hydrogen) atoms. The lowest BCUT2D eigenvalue weighted by molar-refractivity contribution is 0.195. The molecule has 0 unspecified atom stereocenters. The number of phenols is 1. The van der Waals surface area contributed by atoms with Gasteiger partial charge in [-0.05, 0) is 24.1 Å². The molecule has 0 spiro atoms. The lowest BCUT2D eigenvalue weighted by Crippen LogP contribution is -2.37. The van der Waals surface area contributed by atoms with Gasteiger partial charge in [0.05, 0.1) is 0 Å². The van der Waals surface area contributed by atoms with Gasteiger partial charge in [-0.15, -0.1) is 0 Å². The quantitative estimate of drug-likeness (QED) is 0.413. The summed E-state index contributed by atoms with van der Waals surface area (Å²) in [5, 5.41) is 15.3. The van der Waals surface area contributed by atoms with E-state index in [4.69, 9.17) is 9.84 Å². The largest absolute Gasteiger partial charge is 0.505 e. The minimum Gasteiger partial charge on any atom is -0.505 e. The van der Waals surface area contributed by atoms with Crippen LogP contribution in [0.1, 0.15) is 12.0 Å². The van der Waals surface area contributed by atoms with Crippen LogP contribution in [0.3, 0.4) is 0 Å². The maximum atomic E-state index is 13.1. The van der Waals surface area contributed by atoms with E-state index < -0.39 is 5.82 Å². The first-order chi connectivity index (χ1) is 9.17. The Balaban J connectivity index is 2.38. The Morgan fingerprint density at radius 2 is 2.21 bits per heavy atom. The topological polar surface area (TPSA) is 65.9 Å². The van der Waals surface area contributed by atoms with Crippen molar-refractivity contribution in [2.45, 2.75) is 13.0 Å². The van der Waals surface area contributed by atoms with Gasteiger partial charge < -0.3 is 20.5 Å². The minimum absolute atomic E-state index is 0.342. The number of halogens is 1. The minimum atomic E-state index is -0.623. The number of aromatic hydroxyl groups is 1. The van der Waals surface area contributed by atoms with Crippen molar-refractivity contribution in [3.63, 3.8) is 0 Å². The summed E-state index contributed by atoms with van der Waals surface area (Å²) in [4.78, 5) is 4.05. The van der Waals surface area contributed by atoms with E-state index in [2.05, 4.69) is 15.6 Å². The monoisotopic (exact) mass is 269 g/mol. The van der Waals surface area contributed by atoms with E-state index in [0.717, 1.165) is 18.5 Å². The zero-order valence-electron chi connectivity index (χ0n) is 11.2. The fourth-order valence-corrected chi connectivity index (χ4v) is 1.49. The van der Waals surface area contributed by atoms with Crippen LogP contribution in [0.4, 0.5) is 4.39 Å². The van der Waals surface area contributed by atoms with E-state index in [1.54, 1.807) is 20.2 Å². The van der Waals surface area contributed by atoms with Gasteiger partial charge in [-0.1, -0.05) is 6.07 Å². The first-order valence-electron chi connectivity index (χ1n) is 6.08. The van der Waals surface area contributed by atoms with E-state index in [1.165, 1.54) is 12.1 Å². The Labute approximate surface area is 112 Å². The van der Waals surface area contributed by atoms with Gasteiger partial charge >= 0.3 is 0 Å². The number of nitrogens with one attached hydrogen (secondary N) is 2. The molecule has 0 aliphatic heterocycles. The Morgan fingerprint density at radius 3 is 2.84 bits per heavy atom. The third-order valence-electron chi connectivity index (χ3n) is 2.51. The van der Waals surface area contributed by atoms with Crippen molar-refractivity contribution in [3.8, 4) is 5.75 Å². The molecule has 5 nitrogen and oxygen atoms in total. The lowest BCUT2D eigenvalue weighted by Gasteiger charge is -2.11. The average Bonchev–Trinajstić information content (AvgIpc) is 2.42. The SMILES string of the molecule is CN=C(NCCCOC)NCc1ccc(O)c(F)c1. The summed E-state index contributed by atoms with van der Waals surface area (Å²) < 4.78 is 18.1. The van der Waals surface area contributed by atoms with Crippen molar-refractivity contribution in [2.75, 3.05) is 27.3 Å². The van der Waals surface area contributed by atoms with Gasteiger partial charge in [0.25, 0.3) is 0 Å².